The third kappa shape index (κ3) is 4.20. The number of carbonyl (C=O) groups is 3. The Morgan fingerprint density at radius 3 is 2.77 bits per heavy atom. The minimum absolute atomic E-state index is 0.00678. The Labute approximate surface area is 129 Å². The highest BCUT2D eigenvalue weighted by Gasteiger charge is 2.39. The lowest BCUT2D eigenvalue weighted by molar-refractivity contribution is -0.152. The number of nitrogens with zero attached hydrogens (tertiary/aromatic N) is 2. The molecule has 0 radical (unpaired) electrons. The zero-order chi connectivity index (χ0) is 15.9. The first-order valence-corrected chi connectivity index (χ1v) is 7.71. The lowest BCUT2D eigenvalue weighted by atomic mass is 10.1. The van der Waals surface area contributed by atoms with Crippen LogP contribution < -0.4 is 5.32 Å². The van der Waals surface area contributed by atoms with E-state index in [0.29, 0.717) is 6.54 Å². The Balaban J connectivity index is 1.73. The second kappa shape index (κ2) is 7.78. The topological polar surface area (TPSA) is 99.5 Å². The van der Waals surface area contributed by atoms with E-state index in [-0.39, 0.29) is 37.9 Å². The molecule has 1 aliphatic heterocycles. The minimum Gasteiger partial charge on any atom is -0.455 e. The Hall–Kier alpha value is -2.10. The summed E-state index contributed by atoms with van der Waals surface area (Å²) in [5.74, 6) is -1.39. The molecule has 1 aliphatic carbocycles. The highest BCUT2D eigenvalue weighted by molar-refractivity contribution is 5.88. The van der Waals surface area contributed by atoms with Gasteiger partial charge in [-0.2, -0.15) is 5.26 Å². The van der Waals surface area contributed by atoms with E-state index in [1.54, 1.807) is 4.90 Å². The van der Waals surface area contributed by atoms with Gasteiger partial charge in [0.1, 0.15) is 0 Å². The normalized spacial score (nSPS) is 21.7. The Morgan fingerprint density at radius 2 is 2.09 bits per heavy atom. The second-order valence-corrected chi connectivity index (χ2v) is 5.75. The van der Waals surface area contributed by atoms with Gasteiger partial charge in [-0.15, -0.1) is 0 Å². The fraction of sp³-hybridized carbons (Fsp3) is 0.733. The van der Waals surface area contributed by atoms with Gasteiger partial charge in [0, 0.05) is 25.6 Å². The molecule has 1 heterocycles. The highest BCUT2D eigenvalue weighted by Crippen LogP contribution is 2.29. The third-order valence-corrected chi connectivity index (χ3v) is 4.16. The summed E-state index contributed by atoms with van der Waals surface area (Å²) < 4.78 is 4.96. The number of nitrogens with one attached hydrogen (secondary N) is 1. The van der Waals surface area contributed by atoms with Gasteiger partial charge in [-0.25, -0.2) is 0 Å². The standard InChI is InChI=1S/C15H21N3O4/c16-6-3-7-17-13(19)10-22-15(21)11-8-14(20)18(9-11)12-4-1-2-5-12/h11-12H,1-5,7-10H2,(H,17,19)/t11-/m0/s1. The second-order valence-electron chi connectivity index (χ2n) is 5.75. The molecule has 1 saturated carbocycles. The van der Waals surface area contributed by atoms with Crippen molar-refractivity contribution in [1.82, 2.24) is 10.2 Å². The van der Waals surface area contributed by atoms with Gasteiger partial charge in [0.2, 0.25) is 5.91 Å². The van der Waals surface area contributed by atoms with Gasteiger partial charge in [-0.05, 0) is 12.8 Å². The van der Waals surface area contributed by atoms with Crippen molar-refractivity contribution in [3.63, 3.8) is 0 Å². The molecule has 0 spiro atoms. The maximum Gasteiger partial charge on any atom is 0.311 e. The number of nitriles is 1. The molecule has 0 aromatic rings. The first kappa shape index (κ1) is 16.3. The van der Waals surface area contributed by atoms with Crippen LogP contribution in [0.5, 0.6) is 0 Å². The number of ether oxygens (including phenoxy) is 1. The average molecular weight is 307 g/mol. The van der Waals surface area contributed by atoms with Crippen LogP contribution in [0.1, 0.15) is 38.5 Å². The fourth-order valence-electron chi connectivity index (χ4n) is 3.02. The molecular formula is C15H21N3O4. The van der Waals surface area contributed by atoms with E-state index in [4.69, 9.17) is 10.00 Å². The number of rotatable bonds is 6. The summed E-state index contributed by atoms with van der Waals surface area (Å²) >= 11 is 0. The lowest BCUT2D eigenvalue weighted by Gasteiger charge is -2.23. The zero-order valence-electron chi connectivity index (χ0n) is 12.5. The summed E-state index contributed by atoms with van der Waals surface area (Å²) in [7, 11) is 0. The number of likely N-dealkylation sites (tertiary alicyclic amines) is 1. The molecule has 0 unspecified atom stereocenters. The molecule has 7 nitrogen and oxygen atoms in total. The maximum atomic E-state index is 12.0. The van der Waals surface area contributed by atoms with E-state index >= 15 is 0 Å². The van der Waals surface area contributed by atoms with Crippen molar-refractivity contribution in [2.24, 2.45) is 5.92 Å². The van der Waals surface area contributed by atoms with Crippen LogP contribution in [0.25, 0.3) is 0 Å². The lowest BCUT2D eigenvalue weighted by Crippen LogP contribution is -2.35. The van der Waals surface area contributed by atoms with Gasteiger partial charge in [0.05, 0.1) is 18.4 Å². The summed E-state index contributed by atoms with van der Waals surface area (Å²) in [6.45, 7) is 0.279. The summed E-state index contributed by atoms with van der Waals surface area (Å²) in [6.07, 6.45) is 4.67. The van der Waals surface area contributed by atoms with Crippen molar-refractivity contribution in [3.8, 4) is 6.07 Å². The van der Waals surface area contributed by atoms with Crippen molar-refractivity contribution in [1.29, 1.82) is 5.26 Å². The predicted molar refractivity (Wildman–Crippen MR) is 76.3 cm³/mol. The SMILES string of the molecule is N#CCCNC(=O)COC(=O)[C@H]1CC(=O)N(C2CCCC2)C1. The van der Waals surface area contributed by atoms with Crippen LogP contribution in [0.3, 0.4) is 0 Å². The summed E-state index contributed by atoms with van der Waals surface area (Å²) in [4.78, 5) is 37.1. The van der Waals surface area contributed by atoms with Gasteiger partial charge in [0.15, 0.2) is 6.61 Å². The predicted octanol–water partition coefficient (Wildman–Crippen LogP) is 0.351. The first-order valence-electron chi connectivity index (χ1n) is 7.71. The largest absolute Gasteiger partial charge is 0.455 e. The Kier molecular flexibility index (Phi) is 5.75. The van der Waals surface area contributed by atoms with Crippen LogP contribution >= 0.6 is 0 Å². The average Bonchev–Trinajstić information content (AvgIpc) is 3.14. The van der Waals surface area contributed by atoms with Crippen LogP contribution in [0.4, 0.5) is 0 Å². The van der Waals surface area contributed by atoms with Gasteiger partial charge >= 0.3 is 5.97 Å². The molecule has 0 aromatic carbocycles. The van der Waals surface area contributed by atoms with Crippen LogP contribution in [0.15, 0.2) is 0 Å². The third-order valence-electron chi connectivity index (χ3n) is 4.16. The van der Waals surface area contributed by atoms with Crippen molar-refractivity contribution in [2.45, 2.75) is 44.6 Å². The highest BCUT2D eigenvalue weighted by atomic mass is 16.5. The fourth-order valence-corrected chi connectivity index (χ4v) is 3.02. The van der Waals surface area contributed by atoms with E-state index < -0.39 is 17.8 Å². The van der Waals surface area contributed by atoms with E-state index in [0.717, 1.165) is 25.7 Å². The quantitative estimate of drug-likeness (QED) is 0.564. The molecule has 2 aliphatic rings. The van der Waals surface area contributed by atoms with Crippen molar-refractivity contribution < 1.29 is 19.1 Å². The van der Waals surface area contributed by atoms with Crippen LogP contribution in [-0.4, -0.2) is 48.4 Å². The van der Waals surface area contributed by atoms with Gasteiger partial charge in [0.25, 0.3) is 5.91 Å². The number of amides is 2. The van der Waals surface area contributed by atoms with E-state index in [9.17, 15) is 14.4 Å². The van der Waals surface area contributed by atoms with E-state index in [2.05, 4.69) is 5.32 Å². The molecule has 2 rings (SSSR count). The molecule has 1 saturated heterocycles. The molecule has 22 heavy (non-hydrogen) atoms. The molecule has 1 atom stereocenters. The molecule has 120 valence electrons. The number of carbonyl (C=O) groups excluding carboxylic acids is 3. The molecule has 2 fully saturated rings. The van der Waals surface area contributed by atoms with Crippen LogP contribution in [-0.2, 0) is 19.1 Å². The minimum atomic E-state index is -0.496. The summed E-state index contributed by atoms with van der Waals surface area (Å²) in [5.41, 5.74) is 0. The van der Waals surface area contributed by atoms with Crippen molar-refractivity contribution in [3.05, 3.63) is 0 Å². The molecule has 1 N–H and O–H groups in total. The van der Waals surface area contributed by atoms with Gasteiger partial charge in [-0.3, -0.25) is 14.4 Å². The maximum absolute atomic E-state index is 12.0. The molecule has 0 bridgehead atoms. The van der Waals surface area contributed by atoms with Crippen LogP contribution in [0.2, 0.25) is 0 Å². The molecule has 0 aromatic heterocycles. The van der Waals surface area contributed by atoms with Crippen LogP contribution in [0, 0.1) is 17.2 Å². The van der Waals surface area contributed by atoms with Gasteiger partial charge < -0.3 is 15.0 Å². The number of hydrogen-bond donors (Lipinski definition) is 1. The van der Waals surface area contributed by atoms with Gasteiger partial charge in [-0.1, -0.05) is 12.8 Å². The van der Waals surface area contributed by atoms with E-state index in [1.807, 2.05) is 6.07 Å². The van der Waals surface area contributed by atoms with Crippen molar-refractivity contribution >= 4 is 17.8 Å². The number of hydrogen-bond acceptors (Lipinski definition) is 5. The number of esters is 1. The Morgan fingerprint density at radius 1 is 1.36 bits per heavy atom. The molecule has 2 amide bonds. The summed E-state index contributed by atoms with van der Waals surface area (Å²) in [5, 5.41) is 10.8. The molecular weight excluding hydrogens is 286 g/mol. The molecule has 7 heteroatoms. The van der Waals surface area contributed by atoms with Crippen molar-refractivity contribution in [2.75, 3.05) is 19.7 Å². The van der Waals surface area contributed by atoms with E-state index in [1.165, 1.54) is 0 Å². The monoisotopic (exact) mass is 307 g/mol. The smallest absolute Gasteiger partial charge is 0.311 e. The first-order chi connectivity index (χ1) is 10.6. The summed E-state index contributed by atoms with van der Waals surface area (Å²) in [6, 6.07) is 2.17. The zero-order valence-corrected chi connectivity index (χ0v) is 12.5. The Bertz CT molecular complexity index is 480.